The molecule has 2 aromatic rings. The standard InChI is InChI=1S/C16H20N6O2/c1-2-9-24-16-14(19-6-7-20-16)22-8-3-12(11-22)21-15(23)13-10-17-4-5-18-13/h4-7,10,12H,2-3,8-9,11H2,1H3,(H,21,23). The van der Waals surface area contributed by atoms with Crippen LogP contribution in [0.25, 0.3) is 0 Å². The summed E-state index contributed by atoms with van der Waals surface area (Å²) in [4.78, 5) is 30.8. The van der Waals surface area contributed by atoms with Gasteiger partial charge >= 0.3 is 0 Å². The van der Waals surface area contributed by atoms with Gasteiger partial charge in [-0.2, -0.15) is 0 Å². The lowest BCUT2D eigenvalue weighted by atomic mass is 10.2. The van der Waals surface area contributed by atoms with E-state index in [1.807, 2.05) is 6.92 Å². The number of carbonyl (C=O) groups excluding carboxylic acids is 1. The summed E-state index contributed by atoms with van der Waals surface area (Å²) in [7, 11) is 0. The Balaban J connectivity index is 1.62. The van der Waals surface area contributed by atoms with Crippen molar-refractivity contribution in [3.63, 3.8) is 0 Å². The van der Waals surface area contributed by atoms with Crippen molar-refractivity contribution < 1.29 is 9.53 Å². The van der Waals surface area contributed by atoms with E-state index in [-0.39, 0.29) is 11.9 Å². The maximum atomic E-state index is 12.2. The van der Waals surface area contributed by atoms with Crippen molar-refractivity contribution in [3.8, 4) is 5.88 Å². The third-order valence-electron chi connectivity index (χ3n) is 3.71. The Morgan fingerprint density at radius 2 is 2.12 bits per heavy atom. The molecule has 1 aliphatic rings. The number of hydrogen-bond acceptors (Lipinski definition) is 7. The van der Waals surface area contributed by atoms with Crippen LogP contribution in [0.2, 0.25) is 0 Å². The molecule has 8 heteroatoms. The molecule has 3 heterocycles. The molecule has 1 fully saturated rings. The molecule has 1 atom stereocenters. The summed E-state index contributed by atoms with van der Waals surface area (Å²) < 4.78 is 5.66. The van der Waals surface area contributed by atoms with Gasteiger partial charge in [0.05, 0.1) is 12.8 Å². The number of amides is 1. The first-order valence-electron chi connectivity index (χ1n) is 8.03. The predicted molar refractivity (Wildman–Crippen MR) is 87.9 cm³/mol. The van der Waals surface area contributed by atoms with Crippen molar-refractivity contribution in [2.24, 2.45) is 0 Å². The van der Waals surface area contributed by atoms with Crippen molar-refractivity contribution in [1.29, 1.82) is 0 Å². The van der Waals surface area contributed by atoms with Gasteiger partial charge in [0.1, 0.15) is 5.69 Å². The monoisotopic (exact) mass is 328 g/mol. The molecule has 8 nitrogen and oxygen atoms in total. The zero-order valence-electron chi connectivity index (χ0n) is 13.6. The molecule has 1 N–H and O–H groups in total. The maximum absolute atomic E-state index is 12.2. The molecule has 3 rings (SSSR count). The third kappa shape index (κ3) is 3.76. The van der Waals surface area contributed by atoms with Crippen molar-refractivity contribution in [1.82, 2.24) is 25.3 Å². The fourth-order valence-corrected chi connectivity index (χ4v) is 2.58. The number of rotatable bonds is 6. The third-order valence-corrected chi connectivity index (χ3v) is 3.71. The van der Waals surface area contributed by atoms with E-state index in [0.717, 1.165) is 25.2 Å². The van der Waals surface area contributed by atoms with Crippen molar-refractivity contribution in [2.45, 2.75) is 25.8 Å². The molecule has 0 saturated carbocycles. The van der Waals surface area contributed by atoms with E-state index in [4.69, 9.17) is 4.74 Å². The SMILES string of the molecule is CCCOc1nccnc1N1CCC(NC(=O)c2cnccn2)C1. The molecule has 1 saturated heterocycles. The molecular formula is C16H20N6O2. The smallest absolute Gasteiger partial charge is 0.271 e. The van der Waals surface area contributed by atoms with Crippen LogP contribution in [0, 0.1) is 0 Å². The number of ether oxygens (including phenoxy) is 1. The minimum absolute atomic E-state index is 0.0283. The highest BCUT2D eigenvalue weighted by Crippen LogP contribution is 2.26. The minimum atomic E-state index is -0.212. The lowest BCUT2D eigenvalue weighted by Gasteiger charge is -2.19. The zero-order valence-corrected chi connectivity index (χ0v) is 13.6. The molecule has 0 bridgehead atoms. The van der Waals surface area contributed by atoms with Crippen LogP contribution in [0.3, 0.4) is 0 Å². The van der Waals surface area contributed by atoms with Crippen LogP contribution in [0.15, 0.2) is 31.0 Å². The molecule has 0 aliphatic carbocycles. The first kappa shape index (κ1) is 16.1. The summed E-state index contributed by atoms with van der Waals surface area (Å²) in [5.74, 6) is 1.05. The number of hydrogen-bond donors (Lipinski definition) is 1. The molecule has 0 spiro atoms. The predicted octanol–water partition coefficient (Wildman–Crippen LogP) is 1.06. The second-order valence-electron chi connectivity index (χ2n) is 5.53. The Morgan fingerprint density at radius 1 is 1.29 bits per heavy atom. The maximum Gasteiger partial charge on any atom is 0.271 e. The minimum Gasteiger partial charge on any atom is -0.475 e. The first-order valence-corrected chi connectivity index (χ1v) is 8.03. The van der Waals surface area contributed by atoms with Gasteiger partial charge in [-0.05, 0) is 12.8 Å². The molecular weight excluding hydrogens is 308 g/mol. The highest BCUT2D eigenvalue weighted by molar-refractivity contribution is 5.92. The van der Waals surface area contributed by atoms with Gasteiger partial charge in [-0.15, -0.1) is 0 Å². The van der Waals surface area contributed by atoms with Gasteiger partial charge in [0.25, 0.3) is 11.8 Å². The fraction of sp³-hybridized carbons (Fsp3) is 0.438. The van der Waals surface area contributed by atoms with Gasteiger partial charge in [-0.25, -0.2) is 15.0 Å². The molecule has 2 aromatic heterocycles. The average molecular weight is 328 g/mol. The quantitative estimate of drug-likeness (QED) is 0.847. The Bertz CT molecular complexity index is 681. The molecule has 126 valence electrons. The molecule has 0 radical (unpaired) electrons. The topological polar surface area (TPSA) is 93.1 Å². The Kier molecular flexibility index (Phi) is 5.15. The van der Waals surface area contributed by atoms with Crippen LogP contribution < -0.4 is 15.0 Å². The molecule has 1 aliphatic heterocycles. The van der Waals surface area contributed by atoms with Gasteiger partial charge in [0.15, 0.2) is 5.82 Å². The van der Waals surface area contributed by atoms with Gasteiger partial charge in [-0.3, -0.25) is 9.78 Å². The van der Waals surface area contributed by atoms with E-state index >= 15 is 0 Å². The van der Waals surface area contributed by atoms with Crippen molar-refractivity contribution >= 4 is 11.7 Å². The van der Waals surface area contributed by atoms with Crippen LogP contribution in [0.4, 0.5) is 5.82 Å². The number of carbonyl (C=O) groups is 1. The first-order chi connectivity index (χ1) is 11.8. The average Bonchev–Trinajstić information content (AvgIpc) is 3.09. The molecule has 1 unspecified atom stereocenters. The summed E-state index contributed by atoms with van der Waals surface area (Å²) >= 11 is 0. The van der Waals surface area contributed by atoms with Crippen LogP contribution in [0.1, 0.15) is 30.3 Å². The number of nitrogens with zero attached hydrogens (tertiary/aromatic N) is 5. The van der Waals surface area contributed by atoms with Crippen LogP contribution in [0.5, 0.6) is 5.88 Å². The number of aromatic nitrogens is 4. The van der Waals surface area contributed by atoms with E-state index in [2.05, 4.69) is 30.2 Å². The summed E-state index contributed by atoms with van der Waals surface area (Å²) in [6.07, 6.45) is 9.52. The van der Waals surface area contributed by atoms with Crippen molar-refractivity contribution in [3.05, 3.63) is 36.7 Å². The van der Waals surface area contributed by atoms with E-state index in [0.29, 0.717) is 24.7 Å². The fourth-order valence-electron chi connectivity index (χ4n) is 2.58. The van der Waals surface area contributed by atoms with Gasteiger partial charge in [0, 0.05) is 43.9 Å². The van der Waals surface area contributed by atoms with Gasteiger partial charge < -0.3 is 15.0 Å². The normalized spacial score (nSPS) is 16.9. The number of nitrogens with one attached hydrogen (secondary N) is 1. The highest BCUT2D eigenvalue weighted by atomic mass is 16.5. The second-order valence-corrected chi connectivity index (χ2v) is 5.53. The van der Waals surface area contributed by atoms with E-state index < -0.39 is 0 Å². The Morgan fingerprint density at radius 3 is 2.92 bits per heavy atom. The summed E-state index contributed by atoms with van der Waals surface area (Å²) in [5.41, 5.74) is 0.322. The van der Waals surface area contributed by atoms with E-state index in [1.165, 1.54) is 12.4 Å². The Hall–Kier alpha value is -2.77. The largest absolute Gasteiger partial charge is 0.475 e. The lowest BCUT2D eigenvalue weighted by molar-refractivity contribution is 0.0935. The lowest BCUT2D eigenvalue weighted by Crippen LogP contribution is -2.37. The van der Waals surface area contributed by atoms with Gasteiger partial charge in [-0.1, -0.05) is 6.92 Å². The summed E-state index contributed by atoms with van der Waals surface area (Å²) in [5, 5.41) is 2.99. The molecule has 0 aromatic carbocycles. The summed E-state index contributed by atoms with van der Waals surface area (Å²) in [6, 6.07) is 0.0283. The van der Waals surface area contributed by atoms with Crippen LogP contribution >= 0.6 is 0 Å². The summed E-state index contributed by atoms with van der Waals surface area (Å²) in [6.45, 7) is 4.09. The van der Waals surface area contributed by atoms with Crippen molar-refractivity contribution in [2.75, 3.05) is 24.6 Å². The van der Waals surface area contributed by atoms with Gasteiger partial charge in [0.2, 0.25) is 0 Å². The molecule has 24 heavy (non-hydrogen) atoms. The van der Waals surface area contributed by atoms with E-state index in [1.54, 1.807) is 18.6 Å². The van der Waals surface area contributed by atoms with E-state index in [9.17, 15) is 4.79 Å². The highest BCUT2D eigenvalue weighted by Gasteiger charge is 2.27. The second kappa shape index (κ2) is 7.67. The molecule has 1 amide bonds. The Labute approximate surface area is 140 Å². The zero-order chi connectivity index (χ0) is 16.8. The number of anilines is 1. The van der Waals surface area contributed by atoms with Crippen LogP contribution in [-0.4, -0.2) is 51.6 Å². The van der Waals surface area contributed by atoms with Crippen LogP contribution in [-0.2, 0) is 0 Å².